The third-order valence-corrected chi connectivity index (χ3v) is 7.14. The molecule has 0 aliphatic heterocycles. The Morgan fingerprint density at radius 3 is 2.17 bits per heavy atom. The van der Waals surface area contributed by atoms with Crippen LogP contribution in [0.5, 0.6) is 0 Å². The number of esters is 2. The third-order valence-electron chi connectivity index (χ3n) is 7.14. The summed E-state index contributed by atoms with van der Waals surface area (Å²) in [5.41, 5.74) is 2.08. The van der Waals surface area contributed by atoms with E-state index in [1.54, 1.807) is 13.2 Å². The predicted octanol–water partition coefficient (Wildman–Crippen LogP) is 2.84. The van der Waals surface area contributed by atoms with Crippen LogP contribution in [0.4, 0.5) is 0 Å². The fourth-order valence-corrected chi connectivity index (χ4v) is 4.16. The molecule has 1 unspecified atom stereocenters. The van der Waals surface area contributed by atoms with Crippen LogP contribution in [0, 0.1) is 11.8 Å². The summed E-state index contributed by atoms with van der Waals surface area (Å²) in [7, 11) is 5.55. The van der Waals surface area contributed by atoms with E-state index >= 15 is 0 Å². The number of likely N-dealkylation sites (N-methyl/N-ethyl adjacent to an activating group) is 1. The van der Waals surface area contributed by atoms with Crippen molar-refractivity contribution in [1.82, 2.24) is 10.2 Å². The lowest BCUT2D eigenvalue weighted by Gasteiger charge is -2.24. The number of carbonyl (C=O) groups excluding carboxylic acids is 4. The minimum absolute atomic E-state index is 0.0269. The second-order valence-electron chi connectivity index (χ2n) is 10.2. The number of benzene rings is 1. The molecule has 0 saturated carbocycles. The van der Waals surface area contributed by atoms with E-state index in [0.717, 1.165) is 12.0 Å². The van der Waals surface area contributed by atoms with Crippen molar-refractivity contribution in [3.63, 3.8) is 0 Å². The Balaban J connectivity index is 2.77. The maximum atomic E-state index is 12.9. The highest BCUT2D eigenvalue weighted by Crippen LogP contribution is 2.17. The Bertz CT molecular complexity index is 1060. The highest BCUT2D eigenvalue weighted by atomic mass is 16.5. The SMILES string of the molecule is COC(=O)C(C)N(C)C(=O)CC[C@@H](NC(=O)[C@@H](C)[C@H](O)/C=C/C(C)=C/[C@H](C)[C@H](Cc1ccccc1)OC)C(=O)OC. The fraction of sp³-hybridized carbons (Fsp3) is 0.548. The molecule has 2 amide bonds. The molecule has 41 heavy (non-hydrogen) atoms. The normalized spacial score (nSPS) is 16.2. The smallest absolute Gasteiger partial charge is 0.328 e. The molecular weight excluding hydrogens is 528 g/mol. The number of hydrogen-bond donors (Lipinski definition) is 2. The van der Waals surface area contributed by atoms with Gasteiger partial charge in [-0.05, 0) is 32.3 Å². The van der Waals surface area contributed by atoms with Gasteiger partial charge in [0.1, 0.15) is 12.1 Å². The number of ether oxygens (including phenoxy) is 3. The second kappa shape index (κ2) is 18.0. The number of amides is 2. The number of carbonyl (C=O) groups is 4. The molecule has 0 aliphatic carbocycles. The molecule has 6 atom stereocenters. The number of hydrogen-bond acceptors (Lipinski definition) is 8. The summed E-state index contributed by atoms with van der Waals surface area (Å²) in [6, 6.07) is 8.18. The monoisotopic (exact) mass is 574 g/mol. The molecule has 0 fully saturated rings. The average Bonchev–Trinajstić information content (AvgIpc) is 2.98. The van der Waals surface area contributed by atoms with Gasteiger partial charge in [0.15, 0.2) is 0 Å². The van der Waals surface area contributed by atoms with E-state index in [9.17, 15) is 24.3 Å². The fourth-order valence-electron chi connectivity index (χ4n) is 4.16. The summed E-state index contributed by atoms with van der Waals surface area (Å²) in [5.74, 6) is -3.05. The van der Waals surface area contributed by atoms with Gasteiger partial charge in [0.05, 0.1) is 32.3 Å². The first-order valence-corrected chi connectivity index (χ1v) is 13.7. The third kappa shape index (κ3) is 11.9. The number of aliphatic hydroxyl groups is 1. The van der Waals surface area contributed by atoms with Crippen LogP contribution in [-0.2, 0) is 39.8 Å². The van der Waals surface area contributed by atoms with Gasteiger partial charge in [-0.3, -0.25) is 9.59 Å². The van der Waals surface area contributed by atoms with Crippen LogP contribution in [0.2, 0.25) is 0 Å². The lowest BCUT2D eigenvalue weighted by molar-refractivity contribution is -0.151. The summed E-state index contributed by atoms with van der Waals surface area (Å²) in [4.78, 5) is 50.6. The first-order valence-electron chi connectivity index (χ1n) is 13.7. The molecule has 10 heteroatoms. The zero-order valence-corrected chi connectivity index (χ0v) is 25.5. The lowest BCUT2D eigenvalue weighted by atomic mass is 9.95. The van der Waals surface area contributed by atoms with Gasteiger partial charge in [0.2, 0.25) is 11.8 Å². The van der Waals surface area contributed by atoms with Gasteiger partial charge in [-0.25, -0.2) is 9.59 Å². The van der Waals surface area contributed by atoms with E-state index in [1.165, 1.54) is 51.7 Å². The lowest BCUT2D eigenvalue weighted by Crippen LogP contribution is -2.47. The number of aliphatic hydroxyl groups excluding tert-OH is 1. The van der Waals surface area contributed by atoms with Gasteiger partial charge in [-0.2, -0.15) is 0 Å². The summed E-state index contributed by atoms with van der Waals surface area (Å²) in [6.07, 6.45) is 4.77. The molecule has 1 aromatic carbocycles. The molecule has 228 valence electrons. The average molecular weight is 575 g/mol. The maximum absolute atomic E-state index is 12.9. The van der Waals surface area contributed by atoms with Crippen LogP contribution >= 0.6 is 0 Å². The number of methoxy groups -OCH3 is 3. The Hall–Kier alpha value is -3.50. The topological polar surface area (TPSA) is 131 Å². The molecule has 1 rings (SSSR count). The Morgan fingerprint density at radius 1 is 1.00 bits per heavy atom. The minimum Gasteiger partial charge on any atom is -0.467 e. The van der Waals surface area contributed by atoms with Crippen LogP contribution in [0.25, 0.3) is 0 Å². The molecule has 0 saturated heterocycles. The maximum Gasteiger partial charge on any atom is 0.328 e. The van der Waals surface area contributed by atoms with Crippen molar-refractivity contribution in [2.45, 2.75) is 71.2 Å². The van der Waals surface area contributed by atoms with Gasteiger partial charge >= 0.3 is 11.9 Å². The second-order valence-corrected chi connectivity index (χ2v) is 10.2. The van der Waals surface area contributed by atoms with Crippen molar-refractivity contribution in [2.75, 3.05) is 28.4 Å². The first kappa shape index (κ1) is 35.5. The van der Waals surface area contributed by atoms with Crippen molar-refractivity contribution < 1.29 is 38.5 Å². The number of rotatable bonds is 16. The molecule has 1 aromatic rings. The quantitative estimate of drug-likeness (QED) is 0.228. The molecule has 0 spiro atoms. The Kier molecular flexibility index (Phi) is 15.6. The van der Waals surface area contributed by atoms with Gasteiger partial charge in [-0.15, -0.1) is 0 Å². The van der Waals surface area contributed by atoms with Crippen molar-refractivity contribution in [3.8, 4) is 0 Å². The molecular formula is C31H46N2O8. The number of nitrogens with zero attached hydrogens (tertiary/aromatic N) is 1. The summed E-state index contributed by atoms with van der Waals surface area (Å²) >= 11 is 0. The van der Waals surface area contributed by atoms with Gasteiger partial charge in [0, 0.05) is 26.5 Å². The van der Waals surface area contributed by atoms with Crippen LogP contribution in [0.3, 0.4) is 0 Å². The van der Waals surface area contributed by atoms with Gasteiger partial charge in [0.25, 0.3) is 0 Å². The Labute approximate surface area is 243 Å². The summed E-state index contributed by atoms with van der Waals surface area (Å²) in [6.45, 7) is 7.03. The van der Waals surface area contributed by atoms with E-state index in [4.69, 9.17) is 9.47 Å². The minimum atomic E-state index is -1.12. The zero-order chi connectivity index (χ0) is 31.1. The standard InChI is InChI=1S/C31H46N2O8/c1-20(18-21(2)27(39-6)19-24-12-10-9-11-13-24)14-16-26(34)22(3)29(36)32-25(31(38)41-8)15-17-28(35)33(5)23(4)30(37)40-7/h9-14,16,18,21-23,25-27,34H,15,17,19H2,1-8H3,(H,32,36)/b16-14+,20-18+/t21-,22-,23?,25+,26+,27-/m0/s1. The molecule has 0 radical (unpaired) electrons. The molecule has 0 bridgehead atoms. The van der Waals surface area contributed by atoms with Crippen molar-refractivity contribution >= 4 is 23.8 Å². The first-order chi connectivity index (χ1) is 19.4. The van der Waals surface area contributed by atoms with E-state index in [1.807, 2.05) is 31.2 Å². The van der Waals surface area contributed by atoms with Gasteiger partial charge < -0.3 is 29.5 Å². The molecule has 10 nitrogen and oxygen atoms in total. The molecule has 0 aromatic heterocycles. The molecule has 2 N–H and O–H groups in total. The predicted molar refractivity (Wildman–Crippen MR) is 156 cm³/mol. The molecule has 0 heterocycles. The number of nitrogens with one attached hydrogen (secondary N) is 1. The Morgan fingerprint density at radius 2 is 1.61 bits per heavy atom. The summed E-state index contributed by atoms with van der Waals surface area (Å²) in [5, 5.41) is 13.2. The summed E-state index contributed by atoms with van der Waals surface area (Å²) < 4.78 is 15.1. The molecule has 0 aliphatic rings. The van der Waals surface area contributed by atoms with E-state index < -0.39 is 47.9 Å². The largest absolute Gasteiger partial charge is 0.467 e. The highest BCUT2D eigenvalue weighted by Gasteiger charge is 2.29. The van der Waals surface area contributed by atoms with Crippen LogP contribution in [0.15, 0.2) is 54.1 Å². The van der Waals surface area contributed by atoms with Crippen molar-refractivity contribution in [2.24, 2.45) is 11.8 Å². The highest BCUT2D eigenvalue weighted by molar-refractivity contribution is 5.87. The van der Waals surface area contributed by atoms with E-state index in [2.05, 4.69) is 29.1 Å². The number of allylic oxidation sites excluding steroid dienone is 2. The van der Waals surface area contributed by atoms with E-state index in [-0.39, 0.29) is 24.9 Å². The van der Waals surface area contributed by atoms with Crippen LogP contribution < -0.4 is 5.32 Å². The van der Waals surface area contributed by atoms with E-state index in [0.29, 0.717) is 0 Å². The van der Waals surface area contributed by atoms with Crippen molar-refractivity contribution in [3.05, 3.63) is 59.7 Å². The van der Waals surface area contributed by atoms with Crippen LogP contribution in [-0.4, -0.2) is 86.4 Å². The van der Waals surface area contributed by atoms with Crippen molar-refractivity contribution in [1.29, 1.82) is 0 Å². The van der Waals surface area contributed by atoms with Gasteiger partial charge in [-0.1, -0.05) is 68.0 Å². The zero-order valence-electron chi connectivity index (χ0n) is 25.5. The van der Waals surface area contributed by atoms with Crippen LogP contribution in [0.1, 0.15) is 46.1 Å².